The van der Waals surface area contributed by atoms with Crippen LogP contribution in [0, 0.1) is 22.2 Å². The van der Waals surface area contributed by atoms with Gasteiger partial charge in [-0.25, -0.2) is 0 Å². The van der Waals surface area contributed by atoms with Crippen molar-refractivity contribution in [3.8, 4) is 11.5 Å². The van der Waals surface area contributed by atoms with Crippen LogP contribution in [0.5, 0.6) is 11.5 Å². The molecule has 6 aliphatic carbocycles. The van der Waals surface area contributed by atoms with Crippen molar-refractivity contribution in [2.45, 2.75) is 88.1 Å². The molecule has 5 heteroatoms. The first-order valence-corrected chi connectivity index (χ1v) is 13.4. The molecule has 34 heavy (non-hydrogen) atoms. The summed E-state index contributed by atoms with van der Waals surface area (Å²) in [6.45, 7) is 6.69. The van der Waals surface area contributed by atoms with Crippen molar-refractivity contribution in [1.29, 1.82) is 0 Å². The fourth-order valence-electron chi connectivity index (χ4n) is 10.2. The molecular formula is C29H37NO4. The van der Waals surface area contributed by atoms with E-state index in [9.17, 15) is 10.2 Å². The lowest BCUT2D eigenvalue weighted by molar-refractivity contribution is -0.273. The topological polar surface area (TPSA) is 62.2 Å². The van der Waals surface area contributed by atoms with E-state index in [1.807, 2.05) is 13.2 Å². The zero-order valence-electron chi connectivity index (χ0n) is 20.6. The van der Waals surface area contributed by atoms with Crippen LogP contribution >= 0.6 is 0 Å². The maximum atomic E-state index is 12.0. The lowest BCUT2D eigenvalue weighted by Gasteiger charge is -2.74. The van der Waals surface area contributed by atoms with E-state index in [4.69, 9.17) is 9.47 Å². The van der Waals surface area contributed by atoms with E-state index in [0.29, 0.717) is 11.8 Å². The maximum absolute atomic E-state index is 12.0. The lowest BCUT2D eigenvalue weighted by atomic mass is 9.33. The van der Waals surface area contributed by atoms with Crippen LogP contribution in [0.4, 0.5) is 0 Å². The number of phenols is 1. The summed E-state index contributed by atoms with van der Waals surface area (Å²) in [7, 11) is 1.81. The Labute approximate surface area is 202 Å². The number of phenolic OH excluding ortho intramolecular Hbond substituents is 1. The van der Waals surface area contributed by atoms with Crippen LogP contribution < -0.4 is 4.74 Å². The summed E-state index contributed by atoms with van der Waals surface area (Å²) in [6.07, 6.45) is 11.8. The molecule has 0 unspecified atom stereocenters. The van der Waals surface area contributed by atoms with Crippen molar-refractivity contribution in [1.82, 2.24) is 4.90 Å². The molecule has 1 saturated heterocycles. The molecule has 7 atom stereocenters. The highest BCUT2D eigenvalue weighted by atomic mass is 16.6. The predicted molar refractivity (Wildman–Crippen MR) is 128 cm³/mol. The van der Waals surface area contributed by atoms with Crippen molar-refractivity contribution >= 4 is 0 Å². The quantitative estimate of drug-likeness (QED) is 0.665. The van der Waals surface area contributed by atoms with Crippen LogP contribution in [-0.4, -0.2) is 59.2 Å². The van der Waals surface area contributed by atoms with Gasteiger partial charge in [-0.1, -0.05) is 32.1 Å². The summed E-state index contributed by atoms with van der Waals surface area (Å²) < 4.78 is 13.5. The van der Waals surface area contributed by atoms with Crippen LogP contribution in [0.15, 0.2) is 24.3 Å². The zero-order chi connectivity index (χ0) is 23.3. The minimum absolute atomic E-state index is 0.113. The third kappa shape index (κ3) is 1.91. The Hall–Kier alpha value is -1.56. The molecule has 182 valence electrons. The molecule has 0 radical (unpaired) electrons. The monoisotopic (exact) mass is 463 g/mol. The van der Waals surface area contributed by atoms with E-state index in [1.54, 1.807) is 0 Å². The van der Waals surface area contributed by atoms with Crippen LogP contribution in [-0.2, 0) is 16.6 Å². The van der Waals surface area contributed by atoms with Gasteiger partial charge in [0.1, 0.15) is 11.7 Å². The van der Waals surface area contributed by atoms with Gasteiger partial charge in [0.05, 0.1) is 11.5 Å². The fraction of sp³-hybridized carbons (Fsp3) is 0.724. The number of methoxy groups -OCH3 is 1. The SMILES string of the molecule is CO[C@]12C=C[C@]3(C[C@@]14CCC(C)(C)[C@H]4O)[C@H]1Cc4ccc(O)c5c4[C@@]3(CCN1CC1CC1)[C@H]2O5. The summed E-state index contributed by atoms with van der Waals surface area (Å²) >= 11 is 0. The van der Waals surface area contributed by atoms with Gasteiger partial charge in [0.15, 0.2) is 11.5 Å². The second-order valence-corrected chi connectivity index (χ2v) is 13.4. The maximum Gasteiger partial charge on any atom is 0.165 e. The molecule has 2 aliphatic heterocycles. The van der Waals surface area contributed by atoms with E-state index in [1.165, 1.54) is 30.5 Å². The van der Waals surface area contributed by atoms with Gasteiger partial charge in [-0.3, -0.25) is 4.90 Å². The van der Waals surface area contributed by atoms with E-state index in [2.05, 4.69) is 37.0 Å². The molecule has 0 aromatic heterocycles. The number of benzene rings is 1. The molecule has 2 N–H and O–H groups in total. The summed E-state index contributed by atoms with van der Waals surface area (Å²) in [5.41, 5.74) is 1.04. The summed E-state index contributed by atoms with van der Waals surface area (Å²) in [6, 6.07) is 4.38. The van der Waals surface area contributed by atoms with E-state index in [-0.39, 0.29) is 33.5 Å². The van der Waals surface area contributed by atoms with Crippen molar-refractivity contribution in [2.75, 3.05) is 20.2 Å². The molecule has 9 rings (SSSR count). The Balaban J connectivity index is 1.42. The first-order valence-electron chi connectivity index (χ1n) is 13.4. The average Bonchev–Trinajstić information content (AvgIpc) is 3.52. The van der Waals surface area contributed by atoms with Crippen molar-refractivity contribution < 1.29 is 19.7 Å². The lowest BCUT2D eigenvalue weighted by Crippen LogP contribution is -2.82. The first-order chi connectivity index (χ1) is 16.2. The van der Waals surface area contributed by atoms with Gasteiger partial charge in [-0.2, -0.15) is 0 Å². The largest absolute Gasteiger partial charge is 0.504 e. The smallest absolute Gasteiger partial charge is 0.165 e. The molecule has 5 nitrogen and oxygen atoms in total. The number of aliphatic hydroxyl groups is 1. The van der Waals surface area contributed by atoms with Crippen LogP contribution in [0.25, 0.3) is 0 Å². The molecule has 1 aromatic rings. The number of aliphatic hydroxyl groups excluding tert-OH is 1. The summed E-state index contributed by atoms with van der Waals surface area (Å²) in [4.78, 5) is 2.80. The van der Waals surface area contributed by atoms with Gasteiger partial charge in [0, 0.05) is 36.1 Å². The van der Waals surface area contributed by atoms with Gasteiger partial charge in [0.25, 0.3) is 0 Å². The predicted octanol–water partition coefficient (Wildman–Crippen LogP) is 3.94. The third-order valence-corrected chi connectivity index (χ3v) is 11.8. The number of nitrogens with zero attached hydrogens (tertiary/aromatic N) is 1. The van der Waals surface area contributed by atoms with Crippen molar-refractivity contribution in [3.05, 3.63) is 35.4 Å². The molecule has 8 aliphatic rings. The highest BCUT2D eigenvalue weighted by Gasteiger charge is 2.84. The molecular weight excluding hydrogens is 426 g/mol. The van der Waals surface area contributed by atoms with Crippen molar-refractivity contribution in [2.24, 2.45) is 22.2 Å². The standard InChI is InChI=1S/C29H37NO4/c1-25(2)8-9-27(23(25)32)16-26-10-11-29(27,33-3)24-28(26)12-13-30(15-17-4-5-17)20(26)14-18-6-7-19(31)22(34-24)21(18)28/h6-7,10-11,17,20,23-24,31-32H,4-5,8-9,12-16H2,1-3H3/t20-,23-,24-,26+,27-,28+,29+/m1/s1. The third-order valence-electron chi connectivity index (χ3n) is 11.8. The normalized spacial score (nSPS) is 48.9. The number of piperidine rings is 1. The Bertz CT molecular complexity index is 1140. The van der Waals surface area contributed by atoms with Gasteiger partial charge in [0.2, 0.25) is 0 Å². The summed E-state index contributed by atoms with van der Waals surface area (Å²) in [5, 5.41) is 23.0. The number of likely N-dealkylation sites (tertiary alicyclic amines) is 1. The number of hydrogen-bond donors (Lipinski definition) is 2. The Kier molecular flexibility index (Phi) is 3.56. The molecule has 0 amide bonds. The van der Waals surface area contributed by atoms with Crippen molar-refractivity contribution in [3.63, 3.8) is 0 Å². The molecule has 1 aromatic carbocycles. The van der Waals surface area contributed by atoms with Crippen LogP contribution in [0.3, 0.4) is 0 Å². The number of ether oxygens (including phenoxy) is 2. The minimum Gasteiger partial charge on any atom is -0.504 e. The van der Waals surface area contributed by atoms with E-state index in [0.717, 1.165) is 44.6 Å². The van der Waals surface area contributed by atoms with Crippen LogP contribution in [0.1, 0.15) is 63.5 Å². The highest BCUT2D eigenvalue weighted by molar-refractivity contribution is 5.65. The summed E-state index contributed by atoms with van der Waals surface area (Å²) in [5.74, 6) is 1.79. The van der Waals surface area contributed by atoms with E-state index < -0.39 is 11.7 Å². The molecule has 2 heterocycles. The highest BCUT2D eigenvalue weighted by Crippen LogP contribution is 2.79. The molecule has 3 spiro atoms. The Morgan fingerprint density at radius 1 is 1.15 bits per heavy atom. The van der Waals surface area contributed by atoms with E-state index >= 15 is 0 Å². The zero-order valence-corrected chi connectivity index (χ0v) is 20.6. The fourth-order valence-corrected chi connectivity index (χ4v) is 10.2. The first kappa shape index (κ1) is 20.6. The van der Waals surface area contributed by atoms with Crippen LogP contribution in [0.2, 0.25) is 0 Å². The van der Waals surface area contributed by atoms with Gasteiger partial charge in [-0.15, -0.1) is 0 Å². The number of rotatable bonds is 3. The molecule has 4 fully saturated rings. The van der Waals surface area contributed by atoms with Gasteiger partial charge in [-0.05, 0) is 74.5 Å². The average molecular weight is 464 g/mol. The molecule has 4 bridgehead atoms. The Morgan fingerprint density at radius 2 is 1.97 bits per heavy atom. The second-order valence-electron chi connectivity index (χ2n) is 13.4. The molecule has 3 saturated carbocycles. The number of hydrogen-bond acceptors (Lipinski definition) is 5. The van der Waals surface area contributed by atoms with Gasteiger partial charge >= 0.3 is 0 Å². The second kappa shape index (κ2) is 5.87. The minimum atomic E-state index is -0.703. The van der Waals surface area contributed by atoms with Gasteiger partial charge < -0.3 is 19.7 Å². The number of aromatic hydroxyl groups is 1. The Morgan fingerprint density at radius 3 is 2.68 bits per heavy atom.